The van der Waals surface area contributed by atoms with Crippen molar-refractivity contribution in [3.8, 4) is 0 Å². The van der Waals surface area contributed by atoms with Gasteiger partial charge in [0.2, 0.25) is 0 Å². The zero-order valence-corrected chi connectivity index (χ0v) is 10.9. The second-order valence-electron chi connectivity index (χ2n) is 5.18. The van der Waals surface area contributed by atoms with Crippen LogP contribution >= 0.6 is 0 Å². The van der Waals surface area contributed by atoms with Crippen molar-refractivity contribution in [2.45, 2.75) is 25.7 Å². The second-order valence-corrected chi connectivity index (χ2v) is 5.18. The number of anilines is 1. The Morgan fingerprint density at radius 2 is 2.16 bits per heavy atom. The van der Waals surface area contributed by atoms with Crippen molar-refractivity contribution in [3.63, 3.8) is 0 Å². The molecule has 1 aliphatic rings. The molecule has 3 N–H and O–H groups in total. The van der Waals surface area contributed by atoms with Crippen molar-refractivity contribution in [1.82, 2.24) is 4.98 Å². The van der Waals surface area contributed by atoms with Gasteiger partial charge in [0.1, 0.15) is 5.82 Å². The van der Waals surface area contributed by atoms with Gasteiger partial charge >= 0.3 is 5.97 Å². The predicted octanol–water partition coefficient (Wildman–Crippen LogP) is 1.99. The molecule has 104 valence electrons. The first-order valence-electron chi connectivity index (χ1n) is 6.74. The molecule has 2 rings (SSSR count). The number of nitrogens with one attached hydrogen (secondary N) is 1. The van der Waals surface area contributed by atoms with E-state index in [9.17, 15) is 9.90 Å². The Labute approximate surface area is 112 Å². The second kappa shape index (κ2) is 6.52. The first kappa shape index (κ1) is 13.8. The molecule has 1 saturated carbocycles. The largest absolute Gasteiger partial charge is 0.477 e. The molecule has 0 spiro atoms. The lowest BCUT2D eigenvalue weighted by molar-refractivity contribution is 0.0690. The number of rotatable bonds is 5. The van der Waals surface area contributed by atoms with Crippen LogP contribution in [-0.2, 0) is 0 Å². The molecule has 5 nitrogen and oxygen atoms in total. The predicted molar refractivity (Wildman–Crippen MR) is 72.2 cm³/mol. The number of pyridine rings is 1. The number of aromatic nitrogens is 1. The number of hydrogen-bond donors (Lipinski definition) is 3. The summed E-state index contributed by atoms with van der Waals surface area (Å²) in [7, 11) is 0. The minimum absolute atomic E-state index is 0.0573. The number of nitrogens with zero attached hydrogens (tertiary/aromatic N) is 1. The van der Waals surface area contributed by atoms with Crippen LogP contribution in [0.4, 0.5) is 5.82 Å². The molecule has 0 saturated heterocycles. The third kappa shape index (κ3) is 3.92. The molecule has 1 fully saturated rings. The van der Waals surface area contributed by atoms with Crippen molar-refractivity contribution in [1.29, 1.82) is 0 Å². The number of aliphatic hydroxyl groups excluding tert-OH is 1. The molecule has 1 heterocycles. The number of aliphatic hydroxyl groups is 1. The zero-order valence-electron chi connectivity index (χ0n) is 10.9. The molecule has 2 atom stereocenters. The Bertz CT molecular complexity index is 436. The van der Waals surface area contributed by atoms with Crippen LogP contribution in [-0.4, -0.2) is 34.3 Å². The van der Waals surface area contributed by atoms with Crippen LogP contribution in [0.3, 0.4) is 0 Å². The quantitative estimate of drug-likeness (QED) is 0.757. The molecule has 0 bridgehead atoms. The highest BCUT2D eigenvalue weighted by Gasteiger charge is 2.21. The molecule has 0 radical (unpaired) electrons. The van der Waals surface area contributed by atoms with Gasteiger partial charge in [-0.05, 0) is 43.2 Å². The van der Waals surface area contributed by atoms with Gasteiger partial charge in [0.15, 0.2) is 5.69 Å². The van der Waals surface area contributed by atoms with Crippen molar-refractivity contribution >= 4 is 11.8 Å². The van der Waals surface area contributed by atoms with E-state index in [-0.39, 0.29) is 12.3 Å². The molecule has 0 aromatic carbocycles. The minimum atomic E-state index is -1.01. The van der Waals surface area contributed by atoms with Crippen molar-refractivity contribution < 1.29 is 15.0 Å². The fraction of sp³-hybridized carbons (Fsp3) is 0.571. The van der Waals surface area contributed by atoms with Crippen LogP contribution < -0.4 is 5.32 Å². The topological polar surface area (TPSA) is 82.5 Å². The molecule has 0 amide bonds. The molecule has 0 unspecified atom stereocenters. The highest BCUT2D eigenvalue weighted by molar-refractivity contribution is 5.85. The lowest BCUT2D eigenvalue weighted by Gasteiger charge is -2.28. The highest BCUT2D eigenvalue weighted by Crippen LogP contribution is 2.28. The van der Waals surface area contributed by atoms with Crippen LogP contribution in [0.25, 0.3) is 0 Å². The molecule has 1 aliphatic carbocycles. The van der Waals surface area contributed by atoms with E-state index in [4.69, 9.17) is 5.11 Å². The Kier molecular flexibility index (Phi) is 4.74. The lowest BCUT2D eigenvalue weighted by atomic mass is 9.82. The maximum Gasteiger partial charge on any atom is 0.354 e. The van der Waals surface area contributed by atoms with E-state index in [1.807, 2.05) is 0 Å². The third-order valence-electron chi connectivity index (χ3n) is 3.69. The number of carbonyl (C=O) groups is 1. The van der Waals surface area contributed by atoms with Crippen molar-refractivity contribution in [2.24, 2.45) is 11.8 Å². The van der Waals surface area contributed by atoms with E-state index in [2.05, 4.69) is 10.3 Å². The number of carboxylic acid groups (broad SMARTS) is 1. The van der Waals surface area contributed by atoms with Crippen LogP contribution in [0.2, 0.25) is 0 Å². The van der Waals surface area contributed by atoms with Crippen LogP contribution in [0.1, 0.15) is 36.2 Å². The van der Waals surface area contributed by atoms with Crippen LogP contribution in [0.5, 0.6) is 0 Å². The van der Waals surface area contributed by atoms with Gasteiger partial charge in [-0.1, -0.05) is 12.5 Å². The molecular formula is C14H20N2O3. The van der Waals surface area contributed by atoms with E-state index >= 15 is 0 Å². The van der Waals surface area contributed by atoms with Gasteiger partial charge in [-0.25, -0.2) is 9.78 Å². The van der Waals surface area contributed by atoms with Gasteiger partial charge in [0.25, 0.3) is 0 Å². The minimum Gasteiger partial charge on any atom is -0.477 e. The summed E-state index contributed by atoms with van der Waals surface area (Å²) in [6, 6.07) is 4.95. The maximum atomic E-state index is 10.8. The number of carboxylic acids is 1. The maximum absolute atomic E-state index is 10.8. The smallest absolute Gasteiger partial charge is 0.354 e. The van der Waals surface area contributed by atoms with Gasteiger partial charge < -0.3 is 15.5 Å². The van der Waals surface area contributed by atoms with E-state index in [0.717, 1.165) is 32.2 Å². The average molecular weight is 264 g/mol. The van der Waals surface area contributed by atoms with Crippen molar-refractivity contribution in [3.05, 3.63) is 23.9 Å². The monoisotopic (exact) mass is 264 g/mol. The summed E-state index contributed by atoms with van der Waals surface area (Å²) in [5, 5.41) is 21.3. The summed E-state index contributed by atoms with van der Waals surface area (Å²) >= 11 is 0. The first-order valence-corrected chi connectivity index (χ1v) is 6.74. The molecule has 1 aromatic heterocycles. The molecule has 5 heteroatoms. The summed E-state index contributed by atoms with van der Waals surface area (Å²) < 4.78 is 0. The normalized spacial score (nSPS) is 23.0. The van der Waals surface area contributed by atoms with Gasteiger partial charge in [-0.15, -0.1) is 0 Å². The Hall–Kier alpha value is -1.62. The summed E-state index contributed by atoms with van der Waals surface area (Å²) in [4.78, 5) is 14.9. The first-order chi connectivity index (χ1) is 9.19. The van der Waals surface area contributed by atoms with Crippen LogP contribution in [0.15, 0.2) is 18.2 Å². The fourth-order valence-electron chi connectivity index (χ4n) is 2.65. The van der Waals surface area contributed by atoms with E-state index in [1.54, 1.807) is 12.1 Å². The summed E-state index contributed by atoms with van der Waals surface area (Å²) in [6.07, 6.45) is 4.45. The van der Waals surface area contributed by atoms with E-state index in [1.165, 1.54) is 6.07 Å². The third-order valence-corrected chi connectivity index (χ3v) is 3.69. The van der Waals surface area contributed by atoms with E-state index < -0.39 is 5.97 Å². The Balaban J connectivity index is 1.88. The van der Waals surface area contributed by atoms with Gasteiger partial charge in [-0.2, -0.15) is 0 Å². The fourth-order valence-corrected chi connectivity index (χ4v) is 2.65. The van der Waals surface area contributed by atoms with Crippen LogP contribution in [0, 0.1) is 11.8 Å². The van der Waals surface area contributed by atoms with Gasteiger partial charge in [-0.3, -0.25) is 0 Å². The van der Waals surface area contributed by atoms with E-state index in [0.29, 0.717) is 17.7 Å². The SMILES string of the molecule is O=C(O)c1cccc(NC[C@H]2CCC[C@@H](CO)C2)n1. The number of hydrogen-bond acceptors (Lipinski definition) is 4. The molecule has 19 heavy (non-hydrogen) atoms. The number of aromatic carboxylic acids is 1. The molecular weight excluding hydrogens is 244 g/mol. The highest BCUT2D eigenvalue weighted by atomic mass is 16.4. The average Bonchev–Trinajstić information content (AvgIpc) is 2.45. The summed E-state index contributed by atoms with van der Waals surface area (Å²) in [5.74, 6) is 0.535. The molecule has 0 aliphatic heterocycles. The summed E-state index contributed by atoms with van der Waals surface area (Å²) in [6.45, 7) is 1.05. The van der Waals surface area contributed by atoms with Gasteiger partial charge in [0, 0.05) is 13.2 Å². The Morgan fingerprint density at radius 1 is 1.37 bits per heavy atom. The zero-order chi connectivity index (χ0) is 13.7. The molecule has 1 aromatic rings. The Morgan fingerprint density at radius 3 is 2.89 bits per heavy atom. The van der Waals surface area contributed by atoms with Crippen molar-refractivity contribution in [2.75, 3.05) is 18.5 Å². The lowest BCUT2D eigenvalue weighted by Crippen LogP contribution is -2.24. The standard InChI is InChI=1S/C14H20N2O3/c17-9-11-4-1-3-10(7-11)8-15-13-6-2-5-12(16-13)14(18)19/h2,5-6,10-11,17H,1,3-4,7-9H2,(H,15,16)(H,18,19)/t10-,11+/m0/s1. The van der Waals surface area contributed by atoms with Gasteiger partial charge in [0.05, 0.1) is 0 Å². The summed E-state index contributed by atoms with van der Waals surface area (Å²) in [5.41, 5.74) is 0.0573.